The maximum Gasteiger partial charge on any atom is 0.259 e. The number of carbonyl (C=O) groups excluding carboxylic acids is 2. The van der Waals surface area contributed by atoms with Crippen LogP contribution in [0.1, 0.15) is 36.9 Å². The Kier molecular flexibility index (Phi) is 5.33. The average Bonchev–Trinajstić information content (AvgIpc) is 3.36. The molecule has 0 aliphatic rings. The molecular weight excluding hydrogens is 400 g/mol. The van der Waals surface area contributed by atoms with E-state index in [-0.39, 0.29) is 18.4 Å². The Morgan fingerprint density at radius 3 is 2.67 bits per heavy atom. The van der Waals surface area contributed by atoms with Crippen LogP contribution in [-0.2, 0) is 6.54 Å². The zero-order chi connectivity index (χ0) is 21.3. The lowest BCUT2D eigenvalue weighted by molar-refractivity contribution is 0.0950. The van der Waals surface area contributed by atoms with Gasteiger partial charge in [-0.25, -0.2) is 4.98 Å². The van der Waals surface area contributed by atoms with E-state index in [4.69, 9.17) is 4.52 Å². The number of nitrogens with one attached hydrogen (secondary N) is 2. The van der Waals surface area contributed by atoms with Crippen molar-refractivity contribution in [2.75, 3.05) is 7.05 Å². The van der Waals surface area contributed by atoms with E-state index in [2.05, 4.69) is 20.8 Å². The fraction of sp³-hybridized carbons (Fsp3) is 0.182. The van der Waals surface area contributed by atoms with Crippen LogP contribution in [0.4, 0.5) is 0 Å². The normalized spacial score (nSPS) is 10.9. The highest BCUT2D eigenvalue weighted by molar-refractivity contribution is 7.15. The van der Waals surface area contributed by atoms with Gasteiger partial charge in [0.15, 0.2) is 0 Å². The molecule has 0 aliphatic carbocycles. The number of pyridine rings is 1. The summed E-state index contributed by atoms with van der Waals surface area (Å²) < 4.78 is 5.34. The molecule has 0 atom stereocenters. The molecule has 4 aromatic rings. The molecule has 152 valence electrons. The SMILES string of the molecule is CNC(=O)c1cccc(CNC(=O)c2cc(-c3ccc(C)s3)nc3onc(C)c23)c1. The van der Waals surface area contributed by atoms with Gasteiger partial charge in [0.2, 0.25) is 0 Å². The van der Waals surface area contributed by atoms with Crippen LogP contribution >= 0.6 is 11.3 Å². The number of benzene rings is 1. The van der Waals surface area contributed by atoms with Gasteiger partial charge in [-0.15, -0.1) is 11.3 Å². The van der Waals surface area contributed by atoms with Gasteiger partial charge in [0.1, 0.15) is 0 Å². The Morgan fingerprint density at radius 1 is 1.10 bits per heavy atom. The molecule has 3 aromatic heterocycles. The maximum absolute atomic E-state index is 13.1. The Bertz CT molecular complexity index is 1260. The van der Waals surface area contributed by atoms with E-state index in [9.17, 15) is 9.59 Å². The maximum atomic E-state index is 13.1. The van der Waals surface area contributed by atoms with E-state index >= 15 is 0 Å². The molecule has 8 heteroatoms. The number of hydrogen-bond donors (Lipinski definition) is 2. The van der Waals surface area contributed by atoms with E-state index in [1.807, 2.05) is 25.1 Å². The summed E-state index contributed by atoms with van der Waals surface area (Å²) in [5, 5.41) is 10.1. The summed E-state index contributed by atoms with van der Waals surface area (Å²) in [4.78, 5) is 31.5. The predicted octanol–water partition coefficient (Wildman–Crippen LogP) is 3.86. The third-order valence-corrected chi connectivity index (χ3v) is 5.75. The Balaban J connectivity index is 1.64. The highest BCUT2D eigenvalue weighted by atomic mass is 32.1. The Hall–Kier alpha value is -3.52. The molecule has 1 aromatic carbocycles. The fourth-order valence-corrected chi connectivity index (χ4v) is 4.04. The minimum Gasteiger partial charge on any atom is -0.355 e. The predicted molar refractivity (Wildman–Crippen MR) is 116 cm³/mol. The summed E-state index contributed by atoms with van der Waals surface area (Å²) in [6.45, 7) is 4.09. The number of aromatic nitrogens is 2. The van der Waals surface area contributed by atoms with Crippen molar-refractivity contribution in [3.8, 4) is 10.6 Å². The number of carbonyl (C=O) groups is 2. The molecule has 3 heterocycles. The van der Waals surface area contributed by atoms with Gasteiger partial charge < -0.3 is 15.2 Å². The van der Waals surface area contributed by atoms with E-state index in [0.29, 0.717) is 33.6 Å². The first-order chi connectivity index (χ1) is 14.5. The zero-order valence-corrected chi connectivity index (χ0v) is 17.6. The van der Waals surface area contributed by atoms with Crippen molar-refractivity contribution < 1.29 is 14.1 Å². The first-order valence-electron chi connectivity index (χ1n) is 9.39. The molecule has 0 fully saturated rings. The highest BCUT2D eigenvalue weighted by Gasteiger charge is 2.20. The minimum absolute atomic E-state index is 0.171. The van der Waals surface area contributed by atoms with Gasteiger partial charge in [-0.3, -0.25) is 9.59 Å². The number of amides is 2. The van der Waals surface area contributed by atoms with E-state index in [0.717, 1.165) is 15.3 Å². The van der Waals surface area contributed by atoms with Crippen LogP contribution < -0.4 is 10.6 Å². The van der Waals surface area contributed by atoms with Gasteiger partial charge in [-0.2, -0.15) is 0 Å². The lowest BCUT2D eigenvalue weighted by atomic mass is 10.1. The Morgan fingerprint density at radius 2 is 1.93 bits per heavy atom. The van der Waals surface area contributed by atoms with Gasteiger partial charge in [0.05, 0.1) is 27.2 Å². The summed E-state index contributed by atoms with van der Waals surface area (Å²) in [5.41, 5.74) is 3.44. The first-order valence-corrected chi connectivity index (χ1v) is 10.2. The molecule has 0 saturated heterocycles. The summed E-state index contributed by atoms with van der Waals surface area (Å²) in [7, 11) is 1.58. The number of aryl methyl sites for hydroxylation is 2. The summed E-state index contributed by atoms with van der Waals surface area (Å²) >= 11 is 1.60. The van der Waals surface area contributed by atoms with Crippen LogP contribution in [0.3, 0.4) is 0 Å². The van der Waals surface area contributed by atoms with Crippen LogP contribution in [0.5, 0.6) is 0 Å². The van der Waals surface area contributed by atoms with Gasteiger partial charge in [-0.1, -0.05) is 17.3 Å². The Labute approximate surface area is 177 Å². The number of fused-ring (bicyclic) bond motifs is 1. The fourth-order valence-electron chi connectivity index (χ4n) is 3.22. The van der Waals surface area contributed by atoms with Crippen LogP contribution in [0, 0.1) is 13.8 Å². The molecule has 0 spiro atoms. The molecule has 0 aliphatic heterocycles. The lowest BCUT2D eigenvalue weighted by Crippen LogP contribution is -2.24. The molecule has 0 saturated carbocycles. The quantitative estimate of drug-likeness (QED) is 0.511. The molecule has 4 rings (SSSR count). The highest BCUT2D eigenvalue weighted by Crippen LogP contribution is 2.31. The summed E-state index contributed by atoms with van der Waals surface area (Å²) in [5.74, 6) is -0.427. The van der Waals surface area contributed by atoms with Gasteiger partial charge in [0, 0.05) is 24.0 Å². The summed E-state index contributed by atoms with van der Waals surface area (Å²) in [6.07, 6.45) is 0. The number of nitrogens with zero attached hydrogens (tertiary/aromatic N) is 2. The minimum atomic E-state index is -0.256. The standard InChI is InChI=1S/C22H20N4O3S/c1-12-7-8-18(30-12)17-10-16(19-13(2)26-29-22(19)25-17)21(28)24-11-14-5-4-6-15(9-14)20(27)23-3/h4-10H,11H2,1-3H3,(H,23,27)(H,24,28). The smallest absolute Gasteiger partial charge is 0.259 e. The first kappa shape index (κ1) is 19.8. The second-order valence-corrected chi connectivity index (χ2v) is 8.16. The second-order valence-electron chi connectivity index (χ2n) is 6.88. The van der Waals surface area contributed by atoms with Crippen LogP contribution in [-0.4, -0.2) is 29.0 Å². The third kappa shape index (κ3) is 3.81. The van der Waals surface area contributed by atoms with Crippen LogP contribution in [0.15, 0.2) is 47.0 Å². The molecule has 7 nitrogen and oxygen atoms in total. The number of thiophene rings is 1. The summed E-state index contributed by atoms with van der Waals surface area (Å²) in [6, 6.07) is 12.9. The van der Waals surface area contributed by atoms with E-state index < -0.39 is 0 Å². The van der Waals surface area contributed by atoms with Crippen molar-refractivity contribution in [1.29, 1.82) is 0 Å². The van der Waals surface area contributed by atoms with Crippen molar-refractivity contribution in [1.82, 2.24) is 20.8 Å². The van der Waals surface area contributed by atoms with Crippen molar-refractivity contribution in [3.63, 3.8) is 0 Å². The largest absolute Gasteiger partial charge is 0.355 e. The van der Waals surface area contributed by atoms with Gasteiger partial charge >= 0.3 is 0 Å². The number of hydrogen-bond acceptors (Lipinski definition) is 6. The van der Waals surface area contributed by atoms with Crippen LogP contribution in [0.25, 0.3) is 21.7 Å². The second kappa shape index (κ2) is 8.08. The molecule has 0 unspecified atom stereocenters. The molecule has 2 N–H and O–H groups in total. The van der Waals surface area contributed by atoms with Gasteiger partial charge in [-0.05, 0) is 49.7 Å². The average molecular weight is 420 g/mol. The molecule has 2 amide bonds. The lowest BCUT2D eigenvalue weighted by Gasteiger charge is -2.09. The van der Waals surface area contributed by atoms with Crippen molar-refractivity contribution >= 4 is 34.3 Å². The van der Waals surface area contributed by atoms with Crippen molar-refractivity contribution in [2.45, 2.75) is 20.4 Å². The van der Waals surface area contributed by atoms with Gasteiger partial charge in [0.25, 0.3) is 17.5 Å². The van der Waals surface area contributed by atoms with Crippen LogP contribution in [0.2, 0.25) is 0 Å². The molecule has 0 bridgehead atoms. The third-order valence-electron chi connectivity index (χ3n) is 4.72. The molecular formula is C22H20N4O3S. The van der Waals surface area contributed by atoms with E-state index in [1.54, 1.807) is 49.6 Å². The zero-order valence-electron chi connectivity index (χ0n) is 16.8. The van der Waals surface area contributed by atoms with E-state index in [1.165, 1.54) is 0 Å². The number of rotatable bonds is 5. The monoisotopic (exact) mass is 420 g/mol. The topological polar surface area (TPSA) is 97.1 Å². The molecule has 0 radical (unpaired) electrons. The molecule has 30 heavy (non-hydrogen) atoms. The van der Waals surface area contributed by atoms with Crippen molar-refractivity contribution in [3.05, 3.63) is 69.7 Å². The van der Waals surface area contributed by atoms with Crippen molar-refractivity contribution in [2.24, 2.45) is 0 Å².